The summed E-state index contributed by atoms with van der Waals surface area (Å²) in [5, 5.41) is 16.5. The highest BCUT2D eigenvalue weighted by molar-refractivity contribution is 5.98. The maximum absolute atomic E-state index is 12.6. The van der Waals surface area contributed by atoms with Crippen molar-refractivity contribution in [1.29, 1.82) is 5.26 Å². The first-order chi connectivity index (χ1) is 15.3. The van der Waals surface area contributed by atoms with Crippen molar-refractivity contribution in [3.05, 3.63) is 29.8 Å². The molecule has 1 heterocycles. The van der Waals surface area contributed by atoms with Crippen molar-refractivity contribution in [2.24, 2.45) is 5.92 Å². The summed E-state index contributed by atoms with van der Waals surface area (Å²) in [6, 6.07) is 7.92. The van der Waals surface area contributed by atoms with Crippen LogP contribution in [0.25, 0.3) is 0 Å². The molecule has 32 heavy (non-hydrogen) atoms. The number of amides is 3. The van der Waals surface area contributed by atoms with Gasteiger partial charge < -0.3 is 20.3 Å². The molecule has 3 N–H and O–H groups in total. The number of hydrogen-bond donors (Lipinski definition) is 3. The van der Waals surface area contributed by atoms with Crippen LogP contribution in [0.15, 0.2) is 24.3 Å². The van der Waals surface area contributed by atoms with E-state index in [1.807, 2.05) is 19.9 Å². The van der Waals surface area contributed by atoms with Gasteiger partial charge in [-0.1, -0.05) is 13.8 Å². The molecule has 2 atom stereocenters. The topological polar surface area (TPSA) is 124 Å². The standard InChI is InChI=1S/C23H33N5O4/c1-16(2)15-20(22(30)25-12-11-24)27-21(29)17-6-8-18(9-7-17)26-23(31)32-14-10-19-5-4-13-28(19)3/h6-9,16,19-20H,4-5,10,12-15H2,1-3H3,(H,25,30)(H,26,31)(H,27,29). The van der Waals surface area contributed by atoms with Gasteiger partial charge >= 0.3 is 6.09 Å². The normalized spacial score (nSPS) is 16.8. The zero-order chi connectivity index (χ0) is 23.5. The molecular weight excluding hydrogens is 410 g/mol. The summed E-state index contributed by atoms with van der Waals surface area (Å²) in [7, 11) is 2.08. The van der Waals surface area contributed by atoms with Crippen molar-refractivity contribution in [1.82, 2.24) is 15.5 Å². The molecule has 2 unspecified atom stereocenters. The molecule has 1 aliphatic heterocycles. The van der Waals surface area contributed by atoms with Crippen LogP contribution in [0, 0.1) is 17.2 Å². The Hall–Kier alpha value is -3.12. The molecule has 0 aromatic heterocycles. The summed E-state index contributed by atoms with van der Waals surface area (Å²) in [4.78, 5) is 39.1. The number of likely N-dealkylation sites (tertiary alicyclic amines) is 1. The van der Waals surface area contributed by atoms with Crippen molar-refractivity contribution >= 4 is 23.6 Å². The maximum Gasteiger partial charge on any atom is 0.411 e. The Morgan fingerprint density at radius 1 is 1.25 bits per heavy atom. The lowest BCUT2D eigenvalue weighted by Crippen LogP contribution is -2.47. The number of carbonyl (C=O) groups is 3. The van der Waals surface area contributed by atoms with E-state index in [-0.39, 0.29) is 12.5 Å². The summed E-state index contributed by atoms with van der Waals surface area (Å²) in [6.45, 7) is 5.22. The number of ether oxygens (including phenoxy) is 1. The largest absolute Gasteiger partial charge is 0.449 e. The van der Waals surface area contributed by atoms with Crippen LogP contribution < -0.4 is 16.0 Å². The van der Waals surface area contributed by atoms with E-state index in [1.54, 1.807) is 24.3 Å². The number of hydrogen-bond acceptors (Lipinski definition) is 6. The van der Waals surface area contributed by atoms with E-state index in [0.717, 1.165) is 19.4 Å². The molecule has 3 amide bonds. The van der Waals surface area contributed by atoms with Crippen LogP contribution in [0.4, 0.5) is 10.5 Å². The average molecular weight is 444 g/mol. The minimum absolute atomic E-state index is 0.114. The summed E-state index contributed by atoms with van der Waals surface area (Å²) in [5.74, 6) is -0.615. The number of nitriles is 1. The second-order valence-corrected chi connectivity index (χ2v) is 8.44. The van der Waals surface area contributed by atoms with Crippen molar-refractivity contribution in [2.45, 2.75) is 51.6 Å². The fourth-order valence-electron chi connectivity index (χ4n) is 3.68. The van der Waals surface area contributed by atoms with Crippen LogP contribution in [0.3, 0.4) is 0 Å². The van der Waals surface area contributed by atoms with Crippen molar-refractivity contribution in [2.75, 3.05) is 32.1 Å². The Morgan fingerprint density at radius 2 is 1.97 bits per heavy atom. The highest BCUT2D eigenvalue weighted by atomic mass is 16.5. The molecule has 2 rings (SSSR count). The van der Waals surface area contributed by atoms with Crippen LogP contribution in [-0.4, -0.2) is 61.6 Å². The molecule has 0 radical (unpaired) electrons. The average Bonchev–Trinajstić information content (AvgIpc) is 3.16. The Bertz CT molecular complexity index is 819. The molecule has 0 spiro atoms. The van der Waals surface area contributed by atoms with E-state index in [4.69, 9.17) is 10.00 Å². The molecule has 9 nitrogen and oxygen atoms in total. The van der Waals surface area contributed by atoms with Crippen LogP contribution >= 0.6 is 0 Å². The second-order valence-electron chi connectivity index (χ2n) is 8.44. The summed E-state index contributed by atoms with van der Waals surface area (Å²) >= 11 is 0. The van der Waals surface area contributed by atoms with Crippen molar-refractivity contribution < 1.29 is 19.1 Å². The van der Waals surface area contributed by atoms with Crippen molar-refractivity contribution in [3.8, 4) is 6.07 Å². The first-order valence-corrected chi connectivity index (χ1v) is 11.0. The molecule has 1 fully saturated rings. The highest BCUT2D eigenvalue weighted by Crippen LogP contribution is 2.18. The van der Waals surface area contributed by atoms with Gasteiger partial charge in [0.25, 0.3) is 5.91 Å². The number of carbonyl (C=O) groups excluding carboxylic acids is 3. The number of anilines is 1. The zero-order valence-corrected chi connectivity index (χ0v) is 19.0. The first kappa shape index (κ1) is 25.1. The quantitative estimate of drug-likeness (QED) is 0.478. The van der Waals surface area contributed by atoms with Gasteiger partial charge in [-0.2, -0.15) is 5.26 Å². The second kappa shape index (κ2) is 12.7. The number of rotatable bonds is 10. The highest BCUT2D eigenvalue weighted by Gasteiger charge is 2.23. The Balaban J connectivity index is 1.84. The van der Waals surface area contributed by atoms with Crippen molar-refractivity contribution in [3.63, 3.8) is 0 Å². The molecule has 0 aliphatic carbocycles. The number of benzene rings is 1. The molecular formula is C23H33N5O4. The molecule has 1 aliphatic rings. The van der Waals surface area contributed by atoms with E-state index < -0.39 is 23.9 Å². The van der Waals surface area contributed by atoms with Crippen LogP contribution in [-0.2, 0) is 9.53 Å². The predicted molar refractivity (Wildman–Crippen MR) is 121 cm³/mol. The monoisotopic (exact) mass is 443 g/mol. The maximum atomic E-state index is 12.6. The smallest absolute Gasteiger partial charge is 0.411 e. The van der Waals surface area contributed by atoms with Gasteiger partial charge in [-0.15, -0.1) is 0 Å². The molecule has 1 saturated heterocycles. The van der Waals surface area contributed by atoms with E-state index in [9.17, 15) is 14.4 Å². The Morgan fingerprint density at radius 3 is 2.56 bits per heavy atom. The zero-order valence-electron chi connectivity index (χ0n) is 19.0. The molecule has 174 valence electrons. The van der Waals surface area contributed by atoms with Gasteiger partial charge in [-0.3, -0.25) is 14.9 Å². The van der Waals surface area contributed by atoms with E-state index in [0.29, 0.717) is 30.3 Å². The number of nitrogens with zero attached hydrogens (tertiary/aromatic N) is 2. The lowest BCUT2D eigenvalue weighted by atomic mass is 10.0. The molecule has 1 aromatic carbocycles. The third-order valence-corrected chi connectivity index (χ3v) is 5.42. The Kier molecular flexibility index (Phi) is 9.95. The van der Waals surface area contributed by atoms with E-state index in [2.05, 4.69) is 27.9 Å². The van der Waals surface area contributed by atoms with E-state index >= 15 is 0 Å². The fourth-order valence-corrected chi connectivity index (χ4v) is 3.68. The predicted octanol–water partition coefficient (Wildman–Crippen LogP) is 2.50. The van der Waals surface area contributed by atoms with Gasteiger partial charge in [0.1, 0.15) is 12.6 Å². The lowest BCUT2D eigenvalue weighted by Gasteiger charge is -2.19. The minimum atomic E-state index is -0.734. The van der Waals surface area contributed by atoms with Gasteiger partial charge in [-0.25, -0.2) is 4.79 Å². The van der Waals surface area contributed by atoms with Gasteiger partial charge in [0, 0.05) is 17.3 Å². The minimum Gasteiger partial charge on any atom is -0.449 e. The van der Waals surface area contributed by atoms with Crippen LogP contribution in [0.2, 0.25) is 0 Å². The van der Waals surface area contributed by atoms with Gasteiger partial charge in [0.2, 0.25) is 5.91 Å². The van der Waals surface area contributed by atoms with Gasteiger partial charge in [-0.05, 0) is 69.5 Å². The van der Waals surface area contributed by atoms with Crippen LogP contribution in [0.5, 0.6) is 0 Å². The molecule has 0 bridgehead atoms. The third-order valence-electron chi connectivity index (χ3n) is 5.42. The van der Waals surface area contributed by atoms with Crippen LogP contribution in [0.1, 0.15) is 49.9 Å². The summed E-state index contributed by atoms with van der Waals surface area (Å²) in [5.41, 5.74) is 0.866. The summed E-state index contributed by atoms with van der Waals surface area (Å²) < 4.78 is 5.26. The Labute approximate surface area is 189 Å². The SMILES string of the molecule is CC(C)CC(NC(=O)c1ccc(NC(=O)OCCC2CCCN2C)cc1)C(=O)NCC#N. The van der Waals surface area contributed by atoms with Gasteiger partial charge in [0.05, 0.1) is 12.7 Å². The summed E-state index contributed by atoms with van der Waals surface area (Å²) in [6.07, 6.45) is 3.03. The fraction of sp³-hybridized carbons (Fsp3) is 0.565. The number of nitrogens with one attached hydrogen (secondary N) is 3. The third kappa shape index (κ3) is 8.19. The van der Waals surface area contributed by atoms with E-state index in [1.165, 1.54) is 6.42 Å². The first-order valence-electron chi connectivity index (χ1n) is 11.0. The van der Waals surface area contributed by atoms with Gasteiger partial charge in [0.15, 0.2) is 0 Å². The molecule has 9 heteroatoms. The molecule has 0 saturated carbocycles. The molecule has 1 aromatic rings. The lowest BCUT2D eigenvalue weighted by molar-refractivity contribution is -0.123.